The van der Waals surface area contributed by atoms with Gasteiger partial charge in [0.1, 0.15) is 0 Å². The van der Waals surface area contributed by atoms with Crippen LogP contribution in [-0.2, 0) is 11.3 Å². The molecule has 1 saturated carbocycles. The second-order valence-electron chi connectivity index (χ2n) is 4.78. The van der Waals surface area contributed by atoms with Crippen molar-refractivity contribution in [2.24, 2.45) is 11.8 Å². The zero-order chi connectivity index (χ0) is 12.1. The highest BCUT2D eigenvalue weighted by atomic mass is 16.5. The molecule has 0 bridgehead atoms. The summed E-state index contributed by atoms with van der Waals surface area (Å²) >= 11 is 0. The maximum absolute atomic E-state index is 9.20. The molecule has 0 aliphatic heterocycles. The normalized spacial score (nSPS) is 28.5. The lowest BCUT2D eigenvalue weighted by Crippen LogP contribution is -2.15. The van der Waals surface area contributed by atoms with Gasteiger partial charge in [-0.1, -0.05) is 30.3 Å². The topological polar surface area (TPSA) is 49.7 Å². The van der Waals surface area contributed by atoms with Crippen LogP contribution < -0.4 is 0 Å². The lowest BCUT2D eigenvalue weighted by molar-refractivity contribution is 0.0389. The average Bonchev–Trinajstić information content (AvgIpc) is 2.80. The van der Waals surface area contributed by atoms with E-state index in [0.29, 0.717) is 6.61 Å². The Kier molecular flexibility index (Phi) is 4.54. The smallest absolute Gasteiger partial charge is 0.0720 e. The number of ether oxygens (including phenoxy) is 1. The molecule has 0 spiro atoms. The summed E-state index contributed by atoms with van der Waals surface area (Å²) < 4.78 is 5.83. The Balaban J connectivity index is 1.81. The van der Waals surface area contributed by atoms with Crippen LogP contribution in [0, 0.1) is 11.8 Å². The molecule has 1 aromatic carbocycles. The van der Waals surface area contributed by atoms with Gasteiger partial charge < -0.3 is 14.9 Å². The molecule has 1 aliphatic carbocycles. The summed E-state index contributed by atoms with van der Waals surface area (Å²) in [5, 5.41) is 18.4. The van der Waals surface area contributed by atoms with Crippen molar-refractivity contribution in [1.29, 1.82) is 0 Å². The molecule has 2 unspecified atom stereocenters. The second-order valence-corrected chi connectivity index (χ2v) is 4.78. The van der Waals surface area contributed by atoms with Crippen LogP contribution in [0.1, 0.15) is 18.4 Å². The van der Waals surface area contributed by atoms with E-state index >= 15 is 0 Å². The summed E-state index contributed by atoms with van der Waals surface area (Å²) in [6, 6.07) is 10.1. The minimum Gasteiger partial charge on any atom is -0.396 e. The third-order valence-corrected chi connectivity index (χ3v) is 3.60. The summed E-state index contributed by atoms with van der Waals surface area (Å²) in [4.78, 5) is 0. The van der Waals surface area contributed by atoms with Crippen LogP contribution in [0.4, 0.5) is 0 Å². The number of hydrogen-bond acceptors (Lipinski definition) is 3. The van der Waals surface area contributed by atoms with E-state index in [4.69, 9.17) is 4.74 Å². The number of aliphatic hydroxyl groups excluding tert-OH is 2. The van der Waals surface area contributed by atoms with Crippen LogP contribution in [0.15, 0.2) is 30.3 Å². The van der Waals surface area contributed by atoms with E-state index in [-0.39, 0.29) is 31.2 Å². The molecule has 0 aromatic heterocycles. The third kappa shape index (κ3) is 3.28. The second kappa shape index (κ2) is 6.15. The lowest BCUT2D eigenvalue weighted by atomic mass is 9.98. The first-order valence-electron chi connectivity index (χ1n) is 6.20. The minimum absolute atomic E-state index is 0.149. The zero-order valence-electron chi connectivity index (χ0n) is 9.96. The molecule has 0 radical (unpaired) electrons. The maximum atomic E-state index is 9.20. The quantitative estimate of drug-likeness (QED) is 0.816. The molecule has 3 heteroatoms. The van der Waals surface area contributed by atoms with Gasteiger partial charge in [-0.15, -0.1) is 0 Å². The molecule has 0 saturated heterocycles. The van der Waals surface area contributed by atoms with Crippen molar-refractivity contribution in [2.75, 3.05) is 13.2 Å². The molecule has 2 rings (SSSR count). The van der Waals surface area contributed by atoms with Gasteiger partial charge in [0.05, 0.1) is 12.7 Å². The molecule has 0 amide bonds. The molecule has 94 valence electrons. The van der Waals surface area contributed by atoms with Crippen molar-refractivity contribution >= 4 is 0 Å². The van der Waals surface area contributed by atoms with Crippen LogP contribution in [-0.4, -0.2) is 29.5 Å². The van der Waals surface area contributed by atoms with Crippen LogP contribution in [0.5, 0.6) is 0 Å². The number of hydrogen-bond donors (Lipinski definition) is 2. The van der Waals surface area contributed by atoms with Crippen molar-refractivity contribution in [3.05, 3.63) is 35.9 Å². The van der Waals surface area contributed by atoms with Gasteiger partial charge in [0.25, 0.3) is 0 Å². The third-order valence-electron chi connectivity index (χ3n) is 3.60. The molecule has 1 fully saturated rings. The summed E-state index contributed by atoms with van der Waals surface area (Å²) in [5.74, 6) is 0.390. The Morgan fingerprint density at radius 1 is 1.00 bits per heavy atom. The van der Waals surface area contributed by atoms with Crippen molar-refractivity contribution < 1.29 is 14.9 Å². The van der Waals surface area contributed by atoms with E-state index in [2.05, 4.69) is 0 Å². The van der Waals surface area contributed by atoms with Gasteiger partial charge in [-0.2, -0.15) is 0 Å². The summed E-state index contributed by atoms with van der Waals surface area (Å²) in [6.07, 6.45) is 1.88. The molecule has 1 aliphatic rings. The zero-order valence-corrected chi connectivity index (χ0v) is 9.96. The molecular weight excluding hydrogens is 216 g/mol. The fraction of sp³-hybridized carbons (Fsp3) is 0.571. The predicted molar refractivity (Wildman–Crippen MR) is 65.4 cm³/mol. The van der Waals surface area contributed by atoms with Crippen LogP contribution >= 0.6 is 0 Å². The van der Waals surface area contributed by atoms with E-state index in [1.54, 1.807) is 0 Å². The van der Waals surface area contributed by atoms with Gasteiger partial charge in [-0.05, 0) is 30.2 Å². The Morgan fingerprint density at radius 3 is 2.12 bits per heavy atom. The van der Waals surface area contributed by atoms with Gasteiger partial charge in [-0.3, -0.25) is 0 Å². The first kappa shape index (κ1) is 12.6. The summed E-state index contributed by atoms with van der Waals surface area (Å²) in [6.45, 7) is 0.911. The van der Waals surface area contributed by atoms with Gasteiger partial charge in [-0.25, -0.2) is 0 Å². The van der Waals surface area contributed by atoms with Crippen molar-refractivity contribution in [3.63, 3.8) is 0 Å². The van der Waals surface area contributed by atoms with Crippen LogP contribution in [0.3, 0.4) is 0 Å². The van der Waals surface area contributed by atoms with E-state index < -0.39 is 0 Å². The molecule has 1 aromatic rings. The van der Waals surface area contributed by atoms with E-state index in [1.807, 2.05) is 30.3 Å². The number of benzene rings is 1. The van der Waals surface area contributed by atoms with Gasteiger partial charge in [0, 0.05) is 13.2 Å². The average molecular weight is 236 g/mol. The first-order chi connectivity index (χ1) is 8.33. The van der Waals surface area contributed by atoms with E-state index in [1.165, 1.54) is 5.56 Å². The summed E-state index contributed by atoms with van der Waals surface area (Å²) in [5.41, 5.74) is 1.17. The standard InChI is InChI=1S/C14H20O3/c15-8-12-6-14(7-13(12)9-16)17-10-11-4-2-1-3-5-11/h1-5,12-16H,6-10H2. The lowest BCUT2D eigenvalue weighted by Gasteiger charge is -2.12. The molecular formula is C14H20O3. The van der Waals surface area contributed by atoms with E-state index in [9.17, 15) is 10.2 Å². The Hall–Kier alpha value is -0.900. The van der Waals surface area contributed by atoms with Crippen LogP contribution in [0.2, 0.25) is 0 Å². The Morgan fingerprint density at radius 2 is 1.59 bits per heavy atom. The maximum Gasteiger partial charge on any atom is 0.0720 e. The predicted octanol–water partition coefficient (Wildman–Crippen LogP) is 1.58. The van der Waals surface area contributed by atoms with Crippen LogP contribution in [0.25, 0.3) is 0 Å². The first-order valence-corrected chi connectivity index (χ1v) is 6.20. The van der Waals surface area contributed by atoms with E-state index in [0.717, 1.165) is 12.8 Å². The molecule has 2 N–H and O–H groups in total. The SMILES string of the molecule is OCC1CC(OCc2ccccc2)CC1CO. The highest BCUT2D eigenvalue weighted by Crippen LogP contribution is 2.33. The minimum atomic E-state index is 0.149. The molecule has 2 atom stereocenters. The fourth-order valence-electron chi connectivity index (χ4n) is 2.53. The van der Waals surface area contributed by atoms with Crippen molar-refractivity contribution in [2.45, 2.75) is 25.6 Å². The van der Waals surface area contributed by atoms with Gasteiger partial charge in [0.15, 0.2) is 0 Å². The van der Waals surface area contributed by atoms with Crippen molar-refractivity contribution in [1.82, 2.24) is 0 Å². The fourth-order valence-corrected chi connectivity index (χ4v) is 2.53. The highest BCUT2D eigenvalue weighted by Gasteiger charge is 2.33. The van der Waals surface area contributed by atoms with Gasteiger partial charge >= 0.3 is 0 Å². The number of aliphatic hydroxyl groups is 2. The highest BCUT2D eigenvalue weighted by molar-refractivity contribution is 5.13. The Bertz CT molecular complexity index is 313. The number of rotatable bonds is 5. The molecule has 3 nitrogen and oxygen atoms in total. The van der Waals surface area contributed by atoms with Crippen molar-refractivity contribution in [3.8, 4) is 0 Å². The summed E-state index contributed by atoms with van der Waals surface area (Å²) in [7, 11) is 0. The molecule has 17 heavy (non-hydrogen) atoms. The molecule has 0 heterocycles. The monoisotopic (exact) mass is 236 g/mol. The largest absolute Gasteiger partial charge is 0.396 e. The van der Waals surface area contributed by atoms with Gasteiger partial charge in [0.2, 0.25) is 0 Å². The Labute approximate surface area is 102 Å².